The first-order valence-electron chi connectivity index (χ1n) is 8.29. The highest BCUT2D eigenvalue weighted by molar-refractivity contribution is 7.17. The van der Waals surface area contributed by atoms with E-state index in [0.29, 0.717) is 51.8 Å². The maximum Gasteiger partial charge on any atom is 0.267 e. The monoisotopic (exact) mass is 385 g/mol. The first kappa shape index (κ1) is 17.3. The second kappa shape index (κ2) is 7.24. The van der Waals surface area contributed by atoms with E-state index in [0.717, 1.165) is 0 Å². The Morgan fingerprint density at radius 2 is 1.93 bits per heavy atom. The molecular formula is C19H16FN3O3S. The van der Waals surface area contributed by atoms with Crippen molar-refractivity contribution < 1.29 is 18.7 Å². The molecule has 0 radical (unpaired) electrons. The Kier molecular flexibility index (Phi) is 4.64. The van der Waals surface area contributed by atoms with Crippen molar-refractivity contribution in [3.8, 4) is 11.5 Å². The van der Waals surface area contributed by atoms with Crippen LogP contribution in [0.3, 0.4) is 0 Å². The van der Waals surface area contributed by atoms with Crippen LogP contribution in [0.25, 0.3) is 0 Å². The van der Waals surface area contributed by atoms with Gasteiger partial charge in [0, 0.05) is 17.4 Å². The Bertz CT molecular complexity index is 1010. The van der Waals surface area contributed by atoms with Gasteiger partial charge in [-0.15, -0.1) is 0 Å². The van der Waals surface area contributed by atoms with Crippen LogP contribution in [0.15, 0.2) is 42.5 Å². The van der Waals surface area contributed by atoms with Gasteiger partial charge in [-0.3, -0.25) is 4.79 Å². The lowest BCUT2D eigenvalue weighted by atomic mass is 10.2. The fourth-order valence-corrected chi connectivity index (χ4v) is 3.54. The first-order valence-corrected chi connectivity index (χ1v) is 9.11. The van der Waals surface area contributed by atoms with E-state index < -0.39 is 0 Å². The number of aryl methyl sites for hydroxylation is 1. The van der Waals surface area contributed by atoms with Crippen molar-refractivity contribution in [3.05, 3.63) is 58.9 Å². The van der Waals surface area contributed by atoms with Crippen molar-refractivity contribution in [1.82, 2.24) is 4.98 Å². The summed E-state index contributed by atoms with van der Waals surface area (Å²) in [7, 11) is 0. The molecule has 4 rings (SSSR count). The van der Waals surface area contributed by atoms with Crippen molar-refractivity contribution in [2.75, 3.05) is 23.8 Å². The van der Waals surface area contributed by atoms with Crippen LogP contribution < -0.4 is 20.1 Å². The number of nitrogens with one attached hydrogen (secondary N) is 2. The molecule has 1 aliphatic rings. The first-order chi connectivity index (χ1) is 13.1. The van der Waals surface area contributed by atoms with E-state index in [2.05, 4.69) is 15.6 Å². The zero-order valence-electron chi connectivity index (χ0n) is 14.4. The molecule has 0 unspecified atom stereocenters. The minimum Gasteiger partial charge on any atom is -0.486 e. The van der Waals surface area contributed by atoms with E-state index in [-0.39, 0.29) is 11.7 Å². The average Bonchev–Trinajstić information content (AvgIpc) is 3.02. The number of hydrogen-bond donors (Lipinski definition) is 2. The van der Waals surface area contributed by atoms with Gasteiger partial charge in [0.25, 0.3) is 5.91 Å². The fourth-order valence-electron chi connectivity index (χ4n) is 2.66. The minimum atomic E-state index is -0.343. The van der Waals surface area contributed by atoms with Crippen molar-refractivity contribution >= 4 is 33.8 Å². The Hall–Kier alpha value is -3.13. The van der Waals surface area contributed by atoms with Gasteiger partial charge >= 0.3 is 0 Å². The van der Waals surface area contributed by atoms with Gasteiger partial charge in [0.1, 0.15) is 23.9 Å². The molecule has 1 aliphatic heterocycles. The topological polar surface area (TPSA) is 72.5 Å². The largest absolute Gasteiger partial charge is 0.486 e. The van der Waals surface area contributed by atoms with E-state index >= 15 is 0 Å². The van der Waals surface area contributed by atoms with Crippen LogP contribution in [0.2, 0.25) is 0 Å². The van der Waals surface area contributed by atoms with Gasteiger partial charge in [0.2, 0.25) is 0 Å². The van der Waals surface area contributed by atoms with E-state index in [1.54, 1.807) is 37.3 Å². The van der Waals surface area contributed by atoms with Crippen molar-refractivity contribution in [2.45, 2.75) is 6.92 Å². The molecule has 1 aromatic heterocycles. The third-order valence-corrected chi connectivity index (χ3v) is 4.95. The van der Waals surface area contributed by atoms with Gasteiger partial charge in [-0.05, 0) is 37.3 Å². The number of nitrogens with zero attached hydrogens (tertiary/aromatic N) is 1. The number of benzene rings is 2. The number of halogens is 1. The van der Waals surface area contributed by atoms with Gasteiger partial charge < -0.3 is 20.1 Å². The Balaban J connectivity index is 1.50. The predicted molar refractivity (Wildman–Crippen MR) is 102 cm³/mol. The molecule has 0 bridgehead atoms. The quantitative estimate of drug-likeness (QED) is 0.698. The van der Waals surface area contributed by atoms with Crippen molar-refractivity contribution in [2.24, 2.45) is 0 Å². The lowest BCUT2D eigenvalue weighted by Crippen LogP contribution is -2.16. The summed E-state index contributed by atoms with van der Waals surface area (Å²) < 4.78 is 24.3. The van der Waals surface area contributed by atoms with Crippen LogP contribution in [-0.4, -0.2) is 24.1 Å². The number of rotatable bonds is 4. The Morgan fingerprint density at radius 3 is 2.74 bits per heavy atom. The highest BCUT2D eigenvalue weighted by atomic mass is 32.1. The molecule has 138 valence electrons. The van der Waals surface area contributed by atoms with Gasteiger partial charge in [-0.2, -0.15) is 0 Å². The number of hydrogen-bond acceptors (Lipinski definition) is 6. The number of aromatic nitrogens is 1. The molecule has 0 saturated carbocycles. The van der Waals surface area contributed by atoms with Gasteiger partial charge in [0.15, 0.2) is 16.6 Å². The minimum absolute atomic E-state index is 0.269. The van der Waals surface area contributed by atoms with Crippen LogP contribution in [0.5, 0.6) is 11.5 Å². The number of amides is 1. The molecule has 0 aliphatic carbocycles. The van der Waals surface area contributed by atoms with Crippen LogP contribution in [0.4, 0.5) is 20.9 Å². The third kappa shape index (κ3) is 3.85. The lowest BCUT2D eigenvalue weighted by molar-refractivity contribution is 0.102. The highest BCUT2D eigenvalue weighted by Gasteiger charge is 2.18. The normalized spacial score (nSPS) is 12.5. The molecule has 0 spiro atoms. The Morgan fingerprint density at radius 1 is 1.11 bits per heavy atom. The number of anilines is 3. The molecule has 0 atom stereocenters. The molecule has 27 heavy (non-hydrogen) atoms. The zero-order valence-corrected chi connectivity index (χ0v) is 15.2. The summed E-state index contributed by atoms with van der Waals surface area (Å²) in [6, 6.07) is 11.3. The lowest BCUT2D eigenvalue weighted by Gasteiger charge is -2.18. The Labute approximate surface area is 159 Å². The van der Waals surface area contributed by atoms with Crippen LogP contribution >= 0.6 is 11.3 Å². The molecule has 6 nitrogen and oxygen atoms in total. The zero-order chi connectivity index (χ0) is 18.8. The number of ether oxygens (including phenoxy) is 2. The SMILES string of the molecule is Cc1nc(Nc2cccc(F)c2)sc1C(=O)Nc1ccc2c(c1)OCCO2. The summed E-state index contributed by atoms with van der Waals surface area (Å²) in [5, 5.41) is 6.38. The predicted octanol–water partition coefficient (Wildman–Crippen LogP) is 4.36. The number of carbonyl (C=O) groups excluding carboxylic acids is 1. The van der Waals surface area contributed by atoms with E-state index in [4.69, 9.17) is 9.47 Å². The number of fused-ring (bicyclic) bond motifs is 1. The summed E-state index contributed by atoms with van der Waals surface area (Å²) >= 11 is 1.20. The average molecular weight is 385 g/mol. The van der Waals surface area contributed by atoms with Gasteiger partial charge in [-0.25, -0.2) is 9.37 Å². The van der Waals surface area contributed by atoms with Crippen LogP contribution in [0, 0.1) is 12.7 Å². The summed E-state index contributed by atoms with van der Waals surface area (Å²) in [5.41, 5.74) is 1.77. The molecule has 2 N–H and O–H groups in total. The van der Waals surface area contributed by atoms with E-state index in [9.17, 15) is 9.18 Å². The molecule has 0 saturated heterocycles. The molecule has 2 heterocycles. The van der Waals surface area contributed by atoms with Gasteiger partial charge in [0.05, 0.1) is 5.69 Å². The summed E-state index contributed by atoms with van der Waals surface area (Å²) in [6.45, 7) is 2.75. The second-order valence-electron chi connectivity index (χ2n) is 5.88. The molecular weight excluding hydrogens is 369 g/mol. The summed E-state index contributed by atoms with van der Waals surface area (Å²) in [5.74, 6) is 0.655. The van der Waals surface area contributed by atoms with E-state index in [1.165, 1.54) is 23.5 Å². The van der Waals surface area contributed by atoms with Crippen LogP contribution in [-0.2, 0) is 0 Å². The fraction of sp³-hybridized carbons (Fsp3) is 0.158. The third-order valence-electron chi connectivity index (χ3n) is 3.88. The smallest absolute Gasteiger partial charge is 0.267 e. The maximum absolute atomic E-state index is 13.3. The molecule has 2 aromatic carbocycles. The standard InChI is InChI=1S/C19H16FN3O3S/c1-11-17(27-19(21-11)23-13-4-2-3-12(20)9-13)18(24)22-14-5-6-15-16(10-14)26-8-7-25-15/h2-6,9-10H,7-8H2,1H3,(H,21,23)(H,22,24). The van der Waals surface area contributed by atoms with Crippen molar-refractivity contribution in [1.29, 1.82) is 0 Å². The van der Waals surface area contributed by atoms with E-state index in [1.807, 2.05) is 0 Å². The highest BCUT2D eigenvalue weighted by Crippen LogP contribution is 2.33. The van der Waals surface area contributed by atoms with Crippen molar-refractivity contribution in [3.63, 3.8) is 0 Å². The summed E-state index contributed by atoms with van der Waals surface area (Å²) in [6.07, 6.45) is 0. The molecule has 8 heteroatoms. The molecule has 3 aromatic rings. The second-order valence-corrected chi connectivity index (χ2v) is 6.88. The number of thiazole rings is 1. The maximum atomic E-state index is 13.3. The molecule has 1 amide bonds. The molecule has 0 fully saturated rings. The van der Waals surface area contributed by atoms with Gasteiger partial charge in [-0.1, -0.05) is 17.4 Å². The number of carbonyl (C=O) groups is 1. The summed E-state index contributed by atoms with van der Waals surface area (Å²) in [4.78, 5) is 17.4. The van der Waals surface area contributed by atoms with Crippen LogP contribution in [0.1, 0.15) is 15.4 Å².